The van der Waals surface area contributed by atoms with Gasteiger partial charge in [0.15, 0.2) is 0 Å². The smallest absolute Gasteiger partial charge is 0.129 e. The normalized spacial score (nSPS) is 30.6. The second kappa shape index (κ2) is 4.09. The molecule has 2 heterocycles. The SMILES string of the molecule is NC1=C(C2CNC[NH2+]C2)CCNC1. The van der Waals surface area contributed by atoms with Crippen LogP contribution in [-0.2, 0) is 0 Å². The van der Waals surface area contributed by atoms with Crippen molar-refractivity contribution in [1.29, 1.82) is 0 Å². The third kappa shape index (κ3) is 2.02. The fraction of sp³-hybridized carbons (Fsp3) is 0.778. The number of nitrogens with one attached hydrogen (secondary N) is 2. The highest BCUT2D eigenvalue weighted by Gasteiger charge is 2.23. The van der Waals surface area contributed by atoms with Crippen LogP contribution in [0.25, 0.3) is 0 Å². The quantitative estimate of drug-likeness (QED) is 0.378. The Morgan fingerprint density at radius 3 is 3.00 bits per heavy atom. The molecule has 13 heavy (non-hydrogen) atoms. The molecule has 2 aliphatic rings. The Balaban J connectivity index is 2.04. The van der Waals surface area contributed by atoms with Gasteiger partial charge in [0, 0.05) is 24.7 Å². The van der Waals surface area contributed by atoms with E-state index in [-0.39, 0.29) is 0 Å². The molecule has 0 aliphatic carbocycles. The lowest BCUT2D eigenvalue weighted by molar-refractivity contribution is -0.671. The fourth-order valence-corrected chi connectivity index (χ4v) is 2.18. The monoisotopic (exact) mass is 183 g/mol. The van der Waals surface area contributed by atoms with Gasteiger partial charge in [-0.2, -0.15) is 0 Å². The number of hydrogen-bond acceptors (Lipinski definition) is 3. The van der Waals surface area contributed by atoms with Crippen molar-refractivity contribution in [2.45, 2.75) is 6.42 Å². The lowest BCUT2D eigenvalue weighted by Crippen LogP contribution is -2.91. The molecule has 4 nitrogen and oxygen atoms in total. The maximum absolute atomic E-state index is 5.99. The first-order valence-electron chi connectivity index (χ1n) is 5.08. The summed E-state index contributed by atoms with van der Waals surface area (Å²) in [6.45, 7) is 5.33. The molecule has 0 spiro atoms. The van der Waals surface area contributed by atoms with E-state index in [1.54, 1.807) is 0 Å². The minimum absolute atomic E-state index is 0.663. The number of quaternary nitrogens is 1. The summed E-state index contributed by atoms with van der Waals surface area (Å²) in [6.07, 6.45) is 1.13. The summed E-state index contributed by atoms with van der Waals surface area (Å²) in [5, 5.41) is 8.99. The van der Waals surface area contributed by atoms with Crippen molar-refractivity contribution in [1.82, 2.24) is 10.6 Å². The number of hydrogen-bond donors (Lipinski definition) is 4. The predicted molar refractivity (Wildman–Crippen MR) is 51.9 cm³/mol. The van der Waals surface area contributed by atoms with Crippen molar-refractivity contribution < 1.29 is 5.32 Å². The molecule has 0 aromatic heterocycles. The second-order valence-corrected chi connectivity index (χ2v) is 3.86. The van der Waals surface area contributed by atoms with Crippen molar-refractivity contribution in [3.05, 3.63) is 11.3 Å². The van der Waals surface area contributed by atoms with Crippen LogP contribution in [0.5, 0.6) is 0 Å². The van der Waals surface area contributed by atoms with Gasteiger partial charge in [-0.15, -0.1) is 0 Å². The van der Waals surface area contributed by atoms with Crippen LogP contribution in [0.3, 0.4) is 0 Å². The van der Waals surface area contributed by atoms with E-state index in [2.05, 4.69) is 16.0 Å². The van der Waals surface area contributed by atoms with Crippen molar-refractivity contribution in [3.63, 3.8) is 0 Å². The summed E-state index contributed by atoms with van der Waals surface area (Å²) in [4.78, 5) is 0. The van der Waals surface area contributed by atoms with Gasteiger partial charge in [-0.1, -0.05) is 0 Å². The molecule has 2 rings (SSSR count). The van der Waals surface area contributed by atoms with Crippen LogP contribution in [0.2, 0.25) is 0 Å². The summed E-state index contributed by atoms with van der Waals surface area (Å²) in [5.74, 6) is 0.663. The van der Waals surface area contributed by atoms with Crippen LogP contribution in [0.15, 0.2) is 11.3 Å². The molecule has 0 radical (unpaired) electrons. The average Bonchev–Trinajstić information content (AvgIpc) is 2.20. The molecule has 74 valence electrons. The van der Waals surface area contributed by atoms with Gasteiger partial charge in [0.2, 0.25) is 0 Å². The summed E-state index contributed by atoms with van der Waals surface area (Å²) >= 11 is 0. The highest BCUT2D eigenvalue weighted by molar-refractivity contribution is 5.19. The van der Waals surface area contributed by atoms with E-state index in [0.29, 0.717) is 5.92 Å². The zero-order valence-corrected chi connectivity index (χ0v) is 7.97. The van der Waals surface area contributed by atoms with Gasteiger partial charge in [-0.05, 0) is 18.5 Å². The molecule has 0 aromatic carbocycles. The number of rotatable bonds is 1. The second-order valence-electron chi connectivity index (χ2n) is 3.86. The molecule has 2 aliphatic heterocycles. The summed E-state index contributed by atoms with van der Waals surface area (Å²) in [5.41, 5.74) is 8.55. The van der Waals surface area contributed by atoms with E-state index >= 15 is 0 Å². The fourth-order valence-electron chi connectivity index (χ4n) is 2.18. The molecule has 4 heteroatoms. The Bertz CT molecular complexity index is 206. The molecule has 1 unspecified atom stereocenters. The Labute approximate surface area is 78.9 Å². The molecular formula is C9H19N4+. The van der Waals surface area contributed by atoms with Gasteiger partial charge in [0.1, 0.15) is 6.67 Å². The van der Waals surface area contributed by atoms with Crippen LogP contribution in [0, 0.1) is 5.92 Å². The lowest BCUT2D eigenvalue weighted by atomic mass is 9.91. The summed E-state index contributed by atoms with van der Waals surface area (Å²) in [6, 6.07) is 0. The third-order valence-corrected chi connectivity index (χ3v) is 2.92. The van der Waals surface area contributed by atoms with E-state index in [0.717, 1.165) is 38.4 Å². The van der Waals surface area contributed by atoms with Crippen LogP contribution in [0.1, 0.15) is 6.42 Å². The average molecular weight is 183 g/mol. The lowest BCUT2D eigenvalue weighted by Gasteiger charge is -2.28. The van der Waals surface area contributed by atoms with E-state index < -0.39 is 0 Å². The third-order valence-electron chi connectivity index (χ3n) is 2.92. The van der Waals surface area contributed by atoms with E-state index in [9.17, 15) is 0 Å². The molecule has 0 bridgehead atoms. The van der Waals surface area contributed by atoms with Crippen molar-refractivity contribution in [3.8, 4) is 0 Å². The van der Waals surface area contributed by atoms with Crippen molar-refractivity contribution >= 4 is 0 Å². The van der Waals surface area contributed by atoms with E-state index in [1.807, 2.05) is 0 Å². The Morgan fingerprint density at radius 1 is 1.38 bits per heavy atom. The standard InChI is InChI=1S/C9H18N4/c10-9-5-11-2-1-8(9)7-3-12-6-13-4-7/h7,11-13H,1-6,10H2/p+1. The molecule has 6 N–H and O–H groups in total. The first kappa shape index (κ1) is 8.99. The number of nitrogens with two attached hydrogens (primary N) is 2. The first-order valence-corrected chi connectivity index (χ1v) is 5.08. The molecule has 0 aromatic rings. The minimum atomic E-state index is 0.663. The Hall–Kier alpha value is -0.580. The topological polar surface area (TPSA) is 66.7 Å². The molecule has 0 saturated carbocycles. The van der Waals surface area contributed by atoms with E-state index in [1.165, 1.54) is 12.1 Å². The predicted octanol–water partition coefficient (Wildman–Crippen LogP) is -2.07. The van der Waals surface area contributed by atoms with Crippen LogP contribution in [0.4, 0.5) is 0 Å². The zero-order chi connectivity index (χ0) is 9.10. The molecule has 1 fully saturated rings. The van der Waals surface area contributed by atoms with Crippen LogP contribution >= 0.6 is 0 Å². The molecule has 1 atom stereocenters. The van der Waals surface area contributed by atoms with Gasteiger partial charge in [-0.25, -0.2) is 0 Å². The largest absolute Gasteiger partial charge is 0.401 e. The molecule has 1 saturated heterocycles. The van der Waals surface area contributed by atoms with Gasteiger partial charge in [0.25, 0.3) is 0 Å². The van der Waals surface area contributed by atoms with Gasteiger partial charge >= 0.3 is 0 Å². The van der Waals surface area contributed by atoms with Crippen molar-refractivity contribution in [2.24, 2.45) is 11.7 Å². The highest BCUT2D eigenvalue weighted by atomic mass is 15.1. The first-order chi connectivity index (χ1) is 6.38. The van der Waals surface area contributed by atoms with Crippen molar-refractivity contribution in [2.75, 3.05) is 32.8 Å². The Kier molecular flexibility index (Phi) is 2.83. The van der Waals surface area contributed by atoms with Crippen LogP contribution < -0.4 is 21.7 Å². The van der Waals surface area contributed by atoms with Crippen LogP contribution in [-0.4, -0.2) is 32.8 Å². The molecule has 0 amide bonds. The summed E-state index contributed by atoms with van der Waals surface area (Å²) < 4.78 is 0. The van der Waals surface area contributed by atoms with Gasteiger partial charge < -0.3 is 16.4 Å². The minimum Gasteiger partial charge on any atom is -0.401 e. The maximum Gasteiger partial charge on any atom is 0.129 e. The Morgan fingerprint density at radius 2 is 2.31 bits per heavy atom. The van der Waals surface area contributed by atoms with E-state index in [4.69, 9.17) is 5.73 Å². The molecular weight excluding hydrogens is 164 g/mol. The van der Waals surface area contributed by atoms with Gasteiger partial charge in [0.05, 0.1) is 6.54 Å². The summed E-state index contributed by atoms with van der Waals surface area (Å²) in [7, 11) is 0. The maximum atomic E-state index is 5.99. The highest BCUT2D eigenvalue weighted by Crippen LogP contribution is 2.18. The zero-order valence-electron chi connectivity index (χ0n) is 7.97. The van der Waals surface area contributed by atoms with Gasteiger partial charge in [-0.3, -0.25) is 5.32 Å².